The summed E-state index contributed by atoms with van der Waals surface area (Å²) in [6.45, 7) is 0. The molecule has 3 aromatic carbocycles. The van der Waals surface area contributed by atoms with E-state index >= 15 is 0 Å². The van der Waals surface area contributed by atoms with Crippen molar-refractivity contribution in [1.29, 1.82) is 0 Å². The van der Waals surface area contributed by atoms with Gasteiger partial charge in [-0.3, -0.25) is 9.59 Å². The average molecular weight is 487 g/mol. The Balaban J connectivity index is 1.67. The zero-order valence-corrected chi connectivity index (χ0v) is 18.2. The van der Waals surface area contributed by atoms with Crippen LogP contribution in [0, 0.1) is 0 Å². The van der Waals surface area contributed by atoms with Crippen molar-refractivity contribution in [3.63, 3.8) is 0 Å². The quantitative estimate of drug-likeness (QED) is 0.521. The Morgan fingerprint density at radius 2 is 1.43 bits per heavy atom. The van der Waals surface area contributed by atoms with E-state index in [4.69, 9.17) is 0 Å². The number of hydrogen-bond acceptors (Lipinski definition) is 4. The normalized spacial score (nSPS) is 11.0. The number of sulfone groups is 1. The van der Waals surface area contributed by atoms with Gasteiger partial charge in [0, 0.05) is 10.0 Å². The van der Waals surface area contributed by atoms with Crippen LogP contribution in [0.1, 0.15) is 15.9 Å². The second-order valence-corrected chi connectivity index (χ2v) is 9.56. The Morgan fingerprint density at radius 1 is 0.800 bits per heavy atom. The van der Waals surface area contributed by atoms with E-state index in [1.807, 2.05) is 0 Å². The number of hydrogen-bond donors (Lipinski definition) is 2. The van der Waals surface area contributed by atoms with Gasteiger partial charge in [0.15, 0.2) is 9.84 Å². The van der Waals surface area contributed by atoms with Gasteiger partial charge >= 0.3 is 0 Å². The lowest BCUT2D eigenvalue weighted by molar-refractivity contribution is -0.113. The SMILES string of the molecule is O=C(CS(=O)(=O)Cc1cccc(Br)c1)Nc1ccccc1NC(=O)c1ccccc1. The third-order valence-corrected chi connectivity index (χ3v) is 6.08. The van der Waals surface area contributed by atoms with E-state index in [0.717, 1.165) is 4.47 Å². The van der Waals surface area contributed by atoms with Gasteiger partial charge in [0.1, 0.15) is 5.75 Å². The van der Waals surface area contributed by atoms with Crippen LogP contribution in [-0.4, -0.2) is 26.0 Å². The summed E-state index contributed by atoms with van der Waals surface area (Å²) in [6, 6.07) is 22.2. The van der Waals surface area contributed by atoms with Crippen molar-refractivity contribution in [1.82, 2.24) is 0 Å². The van der Waals surface area contributed by atoms with Gasteiger partial charge in [0.25, 0.3) is 5.91 Å². The average Bonchev–Trinajstić information content (AvgIpc) is 2.69. The molecule has 0 spiro atoms. The highest BCUT2D eigenvalue weighted by Crippen LogP contribution is 2.22. The maximum Gasteiger partial charge on any atom is 0.255 e. The Bertz CT molecular complexity index is 1160. The fourth-order valence-corrected chi connectivity index (χ4v) is 4.51. The highest BCUT2D eigenvalue weighted by molar-refractivity contribution is 9.10. The molecular weight excluding hydrogens is 468 g/mol. The number of benzene rings is 3. The van der Waals surface area contributed by atoms with E-state index in [1.165, 1.54) is 0 Å². The summed E-state index contributed by atoms with van der Waals surface area (Å²) >= 11 is 3.30. The van der Waals surface area contributed by atoms with Gasteiger partial charge in [-0.05, 0) is 42.0 Å². The minimum Gasteiger partial charge on any atom is -0.323 e. The number of nitrogens with one attached hydrogen (secondary N) is 2. The van der Waals surface area contributed by atoms with Gasteiger partial charge in [-0.25, -0.2) is 8.42 Å². The van der Waals surface area contributed by atoms with Crippen LogP contribution in [0.5, 0.6) is 0 Å². The first-order valence-corrected chi connectivity index (χ1v) is 11.6. The Hall–Kier alpha value is -2.97. The minimum absolute atomic E-state index is 0.244. The van der Waals surface area contributed by atoms with E-state index in [1.54, 1.807) is 78.9 Å². The number of anilines is 2. The maximum atomic E-state index is 12.4. The molecule has 0 atom stereocenters. The Labute approximate surface area is 183 Å². The summed E-state index contributed by atoms with van der Waals surface area (Å²) in [5.41, 5.74) is 1.76. The largest absolute Gasteiger partial charge is 0.323 e. The first-order chi connectivity index (χ1) is 14.3. The number of rotatable bonds is 7. The molecule has 0 saturated carbocycles. The van der Waals surface area contributed by atoms with Crippen molar-refractivity contribution in [2.24, 2.45) is 0 Å². The number of carbonyl (C=O) groups excluding carboxylic acids is 2. The van der Waals surface area contributed by atoms with Crippen molar-refractivity contribution >= 4 is 49.0 Å². The highest BCUT2D eigenvalue weighted by atomic mass is 79.9. The van der Waals surface area contributed by atoms with E-state index in [0.29, 0.717) is 22.5 Å². The summed E-state index contributed by atoms with van der Waals surface area (Å²) < 4.78 is 25.6. The molecule has 0 aliphatic rings. The molecule has 0 fully saturated rings. The molecular formula is C22H19BrN2O4S. The third kappa shape index (κ3) is 6.27. The molecule has 0 aromatic heterocycles. The predicted octanol–water partition coefficient (Wildman–Crippen LogP) is 4.25. The van der Waals surface area contributed by atoms with Crippen LogP contribution in [0.4, 0.5) is 11.4 Å². The lowest BCUT2D eigenvalue weighted by Gasteiger charge is -2.12. The molecule has 0 saturated heterocycles. The van der Waals surface area contributed by atoms with Crippen molar-refractivity contribution in [2.75, 3.05) is 16.4 Å². The predicted molar refractivity (Wildman–Crippen MR) is 121 cm³/mol. The summed E-state index contributed by atoms with van der Waals surface area (Å²) in [5.74, 6) is -1.92. The van der Waals surface area contributed by atoms with Gasteiger partial charge in [0.05, 0.1) is 17.1 Å². The number of para-hydroxylation sites is 2. The molecule has 0 bridgehead atoms. The molecule has 0 heterocycles. The molecule has 0 radical (unpaired) electrons. The maximum absolute atomic E-state index is 12.4. The van der Waals surface area contributed by atoms with Crippen LogP contribution in [0.15, 0.2) is 83.3 Å². The molecule has 6 nitrogen and oxygen atoms in total. The van der Waals surface area contributed by atoms with Crippen LogP contribution in [-0.2, 0) is 20.4 Å². The number of halogens is 1. The minimum atomic E-state index is -3.67. The first-order valence-electron chi connectivity index (χ1n) is 9.02. The molecule has 30 heavy (non-hydrogen) atoms. The van der Waals surface area contributed by atoms with Crippen LogP contribution in [0.2, 0.25) is 0 Å². The van der Waals surface area contributed by atoms with Gasteiger partial charge < -0.3 is 10.6 Å². The van der Waals surface area contributed by atoms with Crippen molar-refractivity contribution in [2.45, 2.75) is 5.75 Å². The summed E-state index contributed by atoms with van der Waals surface area (Å²) in [4.78, 5) is 24.8. The summed E-state index contributed by atoms with van der Waals surface area (Å²) in [5, 5.41) is 5.31. The smallest absolute Gasteiger partial charge is 0.255 e. The molecule has 2 amide bonds. The van der Waals surface area contributed by atoms with Crippen molar-refractivity contribution in [3.05, 3.63) is 94.5 Å². The van der Waals surface area contributed by atoms with Crippen LogP contribution in [0.25, 0.3) is 0 Å². The van der Waals surface area contributed by atoms with Crippen molar-refractivity contribution in [3.8, 4) is 0 Å². The third-order valence-electron chi connectivity index (χ3n) is 4.11. The zero-order chi connectivity index (χ0) is 21.6. The molecule has 0 unspecified atom stereocenters. The number of carbonyl (C=O) groups is 2. The number of amides is 2. The standard InChI is InChI=1S/C22H19BrN2O4S/c23-18-10-6-7-16(13-18)14-30(28,29)15-21(26)24-19-11-4-5-12-20(19)25-22(27)17-8-2-1-3-9-17/h1-13H,14-15H2,(H,24,26)(H,25,27). The highest BCUT2D eigenvalue weighted by Gasteiger charge is 2.19. The molecule has 154 valence electrons. The molecule has 0 aliphatic carbocycles. The van der Waals surface area contributed by atoms with Crippen LogP contribution < -0.4 is 10.6 Å². The van der Waals surface area contributed by atoms with E-state index in [2.05, 4.69) is 26.6 Å². The fourth-order valence-electron chi connectivity index (χ4n) is 2.80. The van der Waals surface area contributed by atoms with Gasteiger partial charge in [0.2, 0.25) is 5.91 Å². The fraction of sp³-hybridized carbons (Fsp3) is 0.0909. The van der Waals surface area contributed by atoms with E-state index < -0.39 is 21.5 Å². The lowest BCUT2D eigenvalue weighted by Crippen LogP contribution is -2.24. The zero-order valence-electron chi connectivity index (χ0n) is 15.8. The molecule has 2 N–H and O–H groups in total. The second-order valence-electron chi connectivity index (χ2n) is 6.58. The molecule has 0 aliphatic heterocycles. The Morgan fingerprint density at radius 3 is 2.10 bits per heavy atom. The lowest BCUT2D eigenvalue weighted by atomic mass is 10.2. The summed E-state index contributed by atoms with van der Waals surface area (Å²) in [6.07, 6.45) is 0. The van der Waals surface area contributed by atoms with Gasteiger partial charge in [-0.1, -0.05) is 58.4 Å². The molecule has 3 rings (SSSR count). The van der Waals surface area contributed by atoms with Crippen molar-refractivity contribution < 1.29 is 18.0 Å². The molecule has 3 aromatic rings. The van der Waals surface area contributed by atoms with E-state index in [-0.39, 0.29) is 11.7 Å². The van der Waals surface area contributed by atoms with Gasteiger partial charge in [-0.2, -0.15) is 0 Å². The van der Waals surface area contributed by atoms with Crippen LogP contribution in [0.3, 0.4) is 0 Å². The topological polar surface area (TPSA) is 92.3 Å². The van der Waals surface area contributed by atoms with E-state index in [9.17, 15) is 18.0 Å². The van der Waals surface area contributed by atoms with Crippen LogP contribution >= 0.6 is 15.9 Å². The second kappa shape index (κ2) is 9.69. The van der Waals surface area contributed by atoms with Gasteiger partial charge in [-0.15, -0.1) is 0 Å². The molecule has 8 heteroatoms. The Kier molecular flexibility index (Phi) is 7.02. The first kappa shape index (κ1) is 21.7. The summed E-state index contributed by atoms with van der Waals surface area (Å²) in [7, 11) is -3.67. The monoisotopic (exact) mass is 486 g/mol.